The van der Waals surface area contributed by atoms with E-state index in [0.717, 1.165) is 18.8 Å². The highest BCUT2D eigenvalue weighted by atomic mass is 15.1. The van der Waals surface area contributed by atoms with Crippen LogP contribution in [0.2, 0.25) is 0 Å². The van der Waals surface area contributed by atoms with E-state index >= 15 is 0 Å². The van der Waals surface area contributed by atoms with E-state index in [4.69, 9.17) is 0 Å². The molecule has 0 spiro atoms. The summed E-state index contributed by atoms with van der Waals surface area (Å²) in [6, 6.07) is 0. The standard InChI is InChI=1S/C16H27N/c1-4-6-7-8-9-10-15(3)16-11-13-17(5-2)14-12-16/h6-9,16H,3-5,10-14H2,1-2H3/b7-6-,9-8+. The summed E-state index contributed by atoms with van der Waals surface area (Å²) in [6.07, 6.45) is 13.4. The monoisotopic (exact) mass is 233 g/mol. The van der Waals surface area contributed by atoms with Crippen molar-refractivity contribution in [1.82, 2.24) is 4.90 Å². The van der Waals surface area contributed by atoms with Crippen LogP contribution >= 0.6 is 0 Å². The van der Waals surface area contributed by atoms with Crippen molar-refractivity contribution in [2.45, 2.75) is 39.5 Å². The van der Waals surface area contributed by atoms with E-state index in [2.05, 4.69) is 49.6 Å². The summed E-state index contributed by atoms with van der Waals surface area (Å²) in [7, 11) is 0. The second-order valence-electron chi connectivity index (χ2n) is 4.84. The molecule has 0 aliphatic carbocycles. The Morgan fingerprint density at radius 1 is 1.18 bits per heavy atom. The van der Waals surface area contributed by atoms with Gasteiger partial charge in [0.15, 0.2) is 0 Å². The van der Waals surface area contributed by atoms with Crippen LogP contribution in [-0.2, 0) is 0 Å². The van der Waals surface area contributed by atoms with Gasteiger partial charge in [-0.3, -0.25) is 0 Å². The van der Waals surface area contributed by atoms with Crippen LogP contribution in [0.4, 0.5) is 0 Å². The highest BCUT2D eigenvalue weighted by Crippen LogP contribution is 2.25. The first-order chi connectivity index (χ1) is 8.27. The molecule has 0 N–H and O–H groups in total. The third-order valence-electron chi connectivity index (χ3n) is 3.61. The summed E-state index contributed by atoms with van der Waals surface area (Å²) >= 11 is 0. The van der Waals surface area contributed by atoms with Gasteiger partial charge in [0, 0.05) is 0 Å². The van der Waals surface area contributed by atoms with Gasteiger partial charge in [-0.05, 0) is 51.2 Å². The lowest BCUT2D eigenvalue weighted by Gasteiger charge is -2.31. The molecule has 1 rings (SSSR count). The fourth-order valence-corrected chi connectivity index (χ4v) is 2.34. The van der Waals surface area contributed by atoms with Crippen LogP contribution in [0.5, 0.6) is 0 Å². The minimum absolute atomic E-state index is 0.748. The molecule has 1 fully saturated rings. The van der Waals surface area contributed by atoms with Crippen molar-refractivity contribution >= 4 is 0 Å². The Morgan fingerprint density at radius 3 is 2.41 bits per heavy atom. The van der Waals surface area contributed by atoms with Crippen molar-refractivity contribution in [3.8, 4) is 0 Å². The minimum atomic E-state index is 0.748. The van der Waals surface area contributed by atoms with Gasteiger partial charge in [0.2, 0.25) is 0 Å². The van der Waals surface area contributed by atoms with Gasteiger partial charge in [-0.15, -0.1) is 0 Å². The Balaban J connectivity index is 2.25. The van der Waals surface area contributed by atoms with Crippen molar-refractivity contribution in [3.05, 3.63) is 36.5 Å². The summed E-state index contributed by atoms with van der Waals surface area (Å²) in [5.74, 6) is 0.748. The molecule has 1 aliphatic rings. The van der Waals surface area contributed by atoms with Crippen LogP contribution in [0.3, 0.4) is 0 Å². The number of likely N-dealkylation sites (tertiary alicyclic amines) is 1. The number of nitrogens with zero attached hydrogens (tertiary/aromatic N) is 1. The Labute approximate surface area is 107 Å². The molecule has 1 nitrogen and oxygen atoms in total. The van der Waals surface area contributed by atoms with Gasteiger partial charge in [0.25, 0.3) is 0 Å². The first-order valence-corrected chi connectivity index (χ1v) is 6.99. The van der Waals surface area contributed by atoms with Gasteiger partial charge >= 0.3 is 0 Å². The maximum atomic E-state index is 4.25. The van der Waals surface area contributed by atoms with Crippen molar-refractivity contribution in [2.24, 2.45) is 5.92 Å². The van der Waals surface area contributed by atoms with Gasteiger partial charge in [0.05, 0.1) is 0 Å². The number of hydrogen-bond donors (Lipinski definition) is 0. The number of piperidine rings is 1. The molecule has 0 amide bonds. The zero-order valence-corrected chi connectivity index (χ0v) is 11.5. The van der Waals surface area contributed by atoms with Gasteiger partial charge in [-0.25, -0.2) is 0 Å². The van der Waals surface area contributed by atoms with E-state index < -0.39 is 0 Å². The molecule has 0 unspecified atom stereocenters. The van der Waals surface area contributed by atoms with Crippen molar-refractivity contribution in [3.63, 3.8) is 0 Å². The van der Waals surface area contributed by atoms with E-state index in [1.807, 2.05) is 0 Å². The van der Waals surface area contributed by atoms with E-state index in [1.54, 1.807) is 0 Å². The highest BCUT2D eigenvalue weighted by molar-refractivity contribution is 5.11. The van der Waals surface area contributed by atoms with Crippen LogP contribution in [0.1, 0.15) is 39.5 Å². The molecule has 1 aliphatic heterocycles. The van der Waals surface area contributed by atoms with Gasteiger partial charge in [-0.1, -0.05) is 50.3 Å². The van der Waals surface area contributed by atoms with Crippen LogP contribution in [0, 0.1) is 5.92 Å². The van der Waals surface area contributed by atoms with E-state index in [0.29, 0.717) is 0 Å². The highest BCUT2D eigenvalue weighted by Gasteiger charge is 2.19. The fraction of sp³-hybridized carbons (Fsp3) is 0.625. The lowest BCUT2D eigenvalue weighted by Crippen LogP contribution is -2.33. The number of rotatable bonds is 6. The average molecular weight is 233 g/mol. The third kappa shape index (κ3) is 5.36. The van der Waals surface area contributed by atoms with Crippen molar-refractivity contribution < 1.29 is 0 Å². The molecule has 96 valence electrons. The normalized spacial score (nSPS) is 19.4. The van der Waals surface area contributed by atoms with Crippen LogP contribution < -0.4 is 0 Å². The molecule has 1 saturated heterocycles. The van der Waals surface area contributed by atoms with Gasteiger partial charge in [-0.2, -0.15) is 0 Å². The average Bonchev–Trinajstić information content (AvgIpc) is 2.38. The van der Waals surface area contributed by atoms with Crippen molar-refractivity contribution in [1.29, 1.82) is 0 Å². The predicted octanol–water partition coefficient (Wildman–Crippen LogP) is 4.19. The van der Waals surface area contributed by atoms with E-state index in [1.165, 1.54) is 38.0 Å². The van der Waals surface area contributed by atoms with Crippen LogP contribution in [0.25, 0.3) is 0 Å². The SMILES string of the molecule is C=C(C/C=C/C=C\CC)C1CCN(CC)CC1. The lowest BCUT2D eigenvalue weighted by molar-refractivity contribution is 0.207. The number of hydrogen-bond acceptors (Lipinski definition) is 1. The molecule has 0 aromatic heterocycles. The number of allylic oxidation sites excluding steroid dienone is 5. The Bertz CT molecular complexity index is 267. The summed E-state index contributed by atoms with van der Waals surface area (Å²) in [6.45, 7) is 12.4. The minimum Gasteiger partial charge on any atom is -0.304 e. The second kappa shape index (κ2) is 8.30. The first kappa shape index (κ1) is 14.2. The summed E-state index contributed by atoms with van der Waals surface area (Å²) in [4.78, 5) is 2.53. The zero-order valence-electron chi connectivity index (χ0n) is 11.5. The van der Waals surface area contributed by atoms with E-state index in [-0.39, 0.29) is 0 Å². The first-order valence-electron chi connectivity index (χ1n) is 6.99. The van der Waals surface area contributed by atoms with E-state index in [9.17, 15) is 0 Å². The molecule has 0 radical (unpaired) electrons. The second-order valence-corrected chi connectivity index (χ2v) is 4.84. The molecule has 17 heavy (non-hydrogen) atoms. The quantitative estimate of drug-likeness (QED) is 0.491. The molecular weight excluding hydrogens is 206 g/mol. The molecule has 1 heterocycles. The summed E-state index contributed by atoms with van der Waals surface area (Å²) < 4.78 is 0. The molecule has 0 atom stereocenters. The Hall–Kier alpha value is -0.820. The van der Waals surface area contributed by atoms with Crippen LogP contribution in [0.15, 0.2) is 36.5 Å². The third-order valence-corrected chi connectivity index (χ3v) is 3.61. The van der Waals surface area contributed by atoms with Crippen molar-refractivity contribution in [2.75, 3.05) is 19.6 Å². The zero-order chi connectivity index (χ0) is 12.5. The fourth-order valence-electron chi connectivity index (χ4n) is 2.34. The smallest absolute Gasteiger partial charge is 0.00131 e. The summed E-state index contributed by atoms with van der Waals surface area (Å²) in [5.41, 5.74) is 1.42. The molecule has 0 aromatic rings. The largest absolute Gasteiger partial charge is 0.304 e. The molecule has 1 heteroatoms. The Morgan fingerprint density at radius 2 is 1.82 bits per heavy atom. The molecule has 0 aromatic carbocycles. The Kier molecular flexibility index (Phi) is 6.95. The summed E-state index contributed by atoms with van der Waals surface area (Å²) in [5, 5.41) is 0. The van der Waals surface area contributed by atoms with Gasteiger partial charge < -0.3 is 4.90 Å². The molecule has 0 bridgehead atoms. The topological polar surface area (TPSA) is 3.24 Å². The van der Waals surface area contributed by atoms with Crippen LogP contribution in [-0.4, -0.2) is 24.5 Å². The maximum Gasteiger partial charge on any atom is -0.00131 e. The molecular formula is C16H27N. The molecule has 0 saturated carbocycles. The predicted molar refractivity (Wildman–Crippen MR) is 77.2 cm³/mol. The maximum absolute atomic E-state index is 4.25. The van der Waals surface area contributed by atoms with Gasteiger partial charge in [0.1, 0.15) is 0 Å². The lowest BCUT2D eigenvalue weighted by atomic mass is 9.88.